The van der Waals surface area contributed by atoms with E-state index in [1.54, 1.807) is 12.1 Å². The van der Waals surface area contributed by atoms with Crippen molar-refractivity contribution in [2.24, 2.45) is 0 Å². The molecule has 168 valence electrons. The lowest BCUT2D eigenvalue weighted by Gasteiger charge is -2.19. The molecule has 0 radical (unpaired) electrons. The maximum absolute atomic E-state index is 13.2. The number of para-hydroxylation sites is 1. The molecular formula is C26H31N3O3. The first-order chi connectivity index (χ1) is 15.4. The van der Waals surface area contributed by atoms with E-state index < -0.39 is 6.04 Å². The van der Waals surface area contributed by atoms with Crippen molar-refractivity contribution in [3.8, 4) is 17.6 Å². The average molecular weight is 434 g/mol. The molecular weight excluding hydrogens is 402 g/mol. The molecule has 2 aromatic carbocycles. The quantitative estimate of drug-likeness (QED) is 0.477. The lowest BCUT2D eigenvalue weighted by molar-refractivity contribution is 0.0910. The third kappa shape index (κ3) is 6.13. The van der Waals surface area contributed by atoms with E-state index in [2.05, 4.69) is 22.1 Å². The number of carbonyl (C=O) groups excluding carboxylic acids is 1. The van der Waals surface area contributed by atoms with Gasteiger partial charge in [0.05, 0.1) is 30.9 Å². The Morgan fingerprint density at radius 3 is 2.72 bits per heavy atom. The summed E-state index contributed by atoms with van der Waals surface area (Å²) < 4.78 is 5.86. The number of carbonyl (C=O) groups is 1. The summed E-state index contributed by atoms with van der Waals surface area (Å²) in [5.41, 5.74) is 3.22. The number of aliphatic hydroxyl groups excluding tert-OH is 1. The van der Waals surface area contributed by atoms with E-state index in [-0.39, 0.29) is 18.6 Å². The van der Waals surface area contributed by atoms with Crippen LogP contribution in [0.2, 0.25) is 0 Å². The van der Waals surface area contributed by atoms with E-state index in [1.807, 2.05) is 69.4 Å². The minimum absolute atomic E-state index is 0.0768. The zero-order valence-corrected chi connectivity index (χ0v) is 19.1. The third-order valence-corrected chi connectivity index (χ3v) is 4.91. The Balaban J connectivity index is 1.81. The fourth-order valence-electron chi connectivity index (χ4n) is 3.43. The molecule has 3 N–H and O–H groups in total. The smallest absolute Gasteiger partial charge is 0.255 e. The summed E-state index contributed by atoms with van der Waals surface area (Å²) in [5, 5.41) is 14.0. The summed E-state index contributed by atoms with van der Waals surface area (Å²) in [6, 6.07) is 12.9. The molecule has 1 amide bonds. The number of fused-ring (bicyclic) bond motifs is 1. The van der Waals surface area contributed by atoms with Gasteiger partial charge < -0.3 is 20.1 Å². The van der Waals surface area contributed by atoms with Crippen LogP contribution in [-0.2, 0) is 6.42 Å². The van der Waals surface area contributed by atoms with Gasteiger partial charge in [-0.2, -0.15) is 0 Å². The third-order valence-electron chi connectivity index (χ3n) is 4.91. The number of aromatic nitrogens is 1. The number of aliphatic hydroxyl groups is 1. The van der Waals surface area contributed by atoms with Gasteiger partial charge in [-0.05, 0) is 64.2 Å². The van der Waals surface area contributed by atoms with Crippen LogP contribution < -0.4 is 10.1 Å². The van der Waals surface area contributed by atoms with Crippen molar-refractivity contribution in [2.45, 2.75) is 32.4 Å². The Bertz CT molecular complexity index is 1120. The van der Waals surface area contributed by atoms with Gasteiger partial charge in [0, 0.05) is 22.7 Å². The van der Waals surface area contributed by atoms with Gasteiger partial charge in [0.15, 0.2) is 0 Å². The molecule has 1 heterocycles. The van der Waals surface area contributed by atoms with Crippen LogP contribution in [0.25, 0.3) is 10.9 Å². The predicted octanol–water partition coefficient (Wildman–Crippen LogP) is 3.20. The van der Waals surface area contributed by atoms with E-state index in [4.69, 9.17) is 4.74 Å². The number of aromatic amines is 1. The van der Waals surface area contributed by atoms with Crippen LogP contribution in [0.5, 0.6) is 5.75 Å². The van der Waals surface area contributed by atoms with Crippen LogP contribution in [0.1, 0.15) is 35.3 Å². The van der Waals surface area contributed by atoms with Crippen LogP contribution in [-0.4, -0.2) is 60.3 Å². The summed E-state index contributed by atoms with van der Waals surface area (Å²) in [7, 11) is 3.91. The number of hydrogen-bond donors (Lipinski definition) is 3. The molecule has 0 fully saturated rings. The number of rotatable bonds is 8. The van der Waals surface area contributed by atoms with Gasteiger partial charge in [0.1, 0.15) is 5.75 Å². The first-order valence-electron chi connectivity index (χ1n) is 10.8. The number of ether oxygens (including phenoxy) is 1. The Morgan fingerprint density at radius 1 is 1.22 bits per heavy atom. The van der Waals surface area contributed by atoms with Crippen molar-refractivity contribution in [2.75, 3.05) is 27.2 Å². The Kier molecular flexibility index (Phi) is 7.93. The SMILES string of the molecule is CC(C)Oc1ccc(C#CCN(C)C)cc1C(=O)NC(CO)Cc1c[nH]c2ccccc12. The molecule has 0 saturated carbocycles. The molecule has 1 aromatic heterocycles. The van der Waals surface area contributed by atoms with Gasteiger partial charge in [-0.25, -0.2) is 0 Å². The number of nitrogens with zero attached hydrogens (tertiary/aromatic N) is 1. The second kappa shape index (κ2) is 10.9. The van der Waals surface area contributed by atoms with E-state index in [0.717, 1.165) is 22.0 Å². The van der Waals surface area contributed by atoms with Crippen LogP contribution in [0, 0.1) is 11.8 Å². The molecule has 0 aliphatic carbocycles. The fraction of sp³-hybridized carbons (Fsp3) is 0.346. The first kappa shape index (κ1) is 23.4. The normalized spacial score (nSPS) is 12.0. The van der Waals surface area contributed by atoms with Crippen LogP contribution >= 0.6 is 0 Å². The highest BCUT2D eigenvalue weighted by Crippen LogP contribution is 2.23. The van der Waals surface area contributed by atoms with E-state index in [1.165, 1.54) is 0 Å². The standard InChI is InChI=1S/C26H31N3O3/c1-18(2)32-25-12-11-19(8-7-13-29(3)4)14-23(25)26(31)28-21(17-30)15-20-16-27-24-10-6-5-9-22(20)24/h5-6,9-12,14,16,18,21,27,30H,13,15,17H2,1-4H3,(H,28,31). The molecule has 0 spiro atoms. The molecule has 6 nitrogen and oxygen atoms in total. The Labute approximate surface area is 189 Å². The molecule has 32 heavy (non-hydrogen) atoms. The number of amides is 1. The zero-order chi connectivity index (χ0) is 23.1. The second-order valence-electron chi connectivity index (χ2n) is 8.33. The maximum atomic E-state index is 13.2. The second-order valence-corrected chi connectivity index (χ2v) is 8.33. The summed E-state index contributed by atoms with van der Waals surface area (Å²) in [6.45, 7) is 4.29. The molecule has 0 saturated heterocycles. The maximum Gasteiger partial charge on any atom is 0.255 e. The van der Waals surface area contributed by atoms with Gasteiger partial charge >= 0.3 is 0 Å². The average Bonchev–Trinajstić information content (AvgIpc) is 3.16. The lowest BCUT2D eigenvalue weighted by atomic mass is 10.0. The Morgan fingerprint density at radius 2 is 2.00 bits per heavy atom. The monoisotopic (exact) mass is 433 g/mol. The molecule has 0 bridgehead atoms. The summed E-state index contributed by atoms with van der Waals surface area (Å²) in [5.74, 6) is 6.38. The van der Waals surface area contributed by atoms with Gasteiger partial charge in [-0.3, -0.25) is 9.69 Å². The summed E-state index contributed by atoms with van der Waals surface area (Å²) in [4.78, 5) is 18.4. The Hall–Kier alpha value is -3.27. The molecule has 3 aromatic rings. The van der Waals surface area contributed by atoms with Crippen molar-refractivity contribution in [3.05, 3.63) is 65.4 Å². The molecule has 6 heteroatoms. The van der Waals surface area contributed by atoms with Crippen molar-refractivity contribution >= 4 is 16.8 Å². The highest BCUT2D eigenvalue weighted by molar-refractivity contribution is 5.97. The minimum Gasteiger partial charge on any atom is -0.490 e. The summed E-state index contributed by atoms with van der Waals surface area (Å²) in [6.07, 6.45) is 2.36. The van der Waals surface area contributed by atoms with Crippen molar-refractivity contribution in [3.63, 3.8) is 0 Å². The van der Waals surface area contributed by atoms with E-state index in [9.17, 15) is 9.90 Å². The van der Waals surface area contributed by atoms with E-state index >= 15 is 0 Å². The fourth-order valence-corrected chi connectivity index (χ4v) is 3.43. The summed E-state index contributed by atoms with van der Waals surface area (Å²) >= 11 is 0. The minimum atomic E-state index is -0.433. The molecule has 0 aliphatic heterocycles. The van der Waals surface area contributed by atoms with Crippen molar-refractivity contribution in [1.29, 1.82) is 0 Å². The number of benzene rings is 2. The zero-order valence-electron chi connectivity index (χ0n) is 19.1. The highest BCUT2D eigenvalue weighted by atomic mass is 16.5. The molecule has 1 atom stereocenters. The first-order valence-corrected chi connectivity index (χ1v) is 10.8. The van der Waals surface area contributed by atoms with Gasteiger partial charge in [0.2, 0.25) is 0 Å². The van der Waals surface area contributed by atoms with Crippen molar-refractivity contribution < 1.29 is 14.6 Å². The van der Waals surface area contributed by atoms with Crippen molar-refractivity contribution in [1.82, 2.24) is 15.2 Å². The topological polar surface area (TPSA) is 77.6 Å². The van der Waals surface area contributed by atoms with Gasteiger partial charge in [0.25, 0.3) is 5.91 Å². The number of H-pyrrole nitrogens is 1. The van der Waals surface area contributed by atoms with Crippen LogP contribution in [0.3, 0.4) is 0 Å². The highest BCUT2D eigenvalue weighted by Gasteiger charge is 2.19. The number of hydrogen-bond acceptors (Lipinski definition) is 4. The van der Waals surface area contributed by atoms with Gasteiger partial charge in [-0.15, -0.1) is 0 Å². The van der Waals surface area contributed by atoms with Crippen LogP contribution in [0.4, 0.5) is 0 Å². The predicted molar refractivity (Wildman–Crippen MR) is 128 cm³/mol. The number of nitrogens with one attached hydrogen (secondary N) is 2. The largest absolute Gasteiger partial charge is 0.490 e. The lowest BCUT2D eigenvalue weighted by Crippen LogP contribution is -2.39. The molecule has 3 rings (SSSR count). The van der Waals surface area contributed by atoms with E-state index in [0.29, 0.717) is 24.3 Å². The van der Waals surface area contributed by atoms with Gasteiger partial charge in [-0.1, -0.05) is 30.0 Å². The van der Waals surface area contributed by atoms with Crippen LogP contribution in [0.15, 0.2) is 48.7 Å². The molecule has 1 unspecified atom stereocenters. The molecule has 0 aliphatic rings.